The summed E-state index contributed by atoms with van der Waals surface area (Å²) in [4.78, 5) is 11.1. The molecule has 4 nitrogen and oxygen atoms in total. The molecule has 0 radical (unpaired) electrons. The van der Waals surface area contributed by atoms with Crippen molar-refractivity contribution < 1.29 is 19.0 Å². The van der Waals surface area contributed by atoms with Crippen molar-refractivity contribution in [2.24, 2.45) is 0 Å². The van der Waals surface area contributed by atoms with Gasteiger partial charge in [0.2, 0.25) is 0 Å². The average molecular weight is 275 g/mol. The van der Waals surface area contributed by atoms with Gasteiger partial charge in [0.15, 0.2) is 0 Å². The Morgan fingerprint density at radius 3 is 2.24 bits per heavy atom. The van der Waals surface area contributed by atoms with Gasteiger partial charge in [-0.1, -0.05) is 23.2 Å². The number of halogens is 2. The van der Waals surface area contributed by atoms with E-state index in [2.05, 4.69) is 0 Å². The summed E-state index contributed by atoms with van der Waals surface area (Å²) in [6.07, 6.45) is -0.981. The van der Waals surface area contributed by atoms with Crippen molar-refractivity contribution in [1.82, 2.24) is 0 Å². The number of ether oxygens (including phenoxy) is 3. The van der Waals surface area contributed by atoms with Crippen LogP contribution in [-0.2, 0) is 9.53 Å². The summed E-state index contributed by atoms with van der Waals surface area (Å²) in [5, 5.41) is -0.0994. The van der Waals surface area contributed by atoms with Gasteiger partial charge in [0, 0.05) is 0 Å². The number of rotatable bonds is 3. The van der Waals surface area contributed by atoms with E-state index in [1.54, 1.807) is 31.4 Å². The van der Waals surface area contributed by atoms with Crippen molar-refractivity contribution in [3.63, 3.8) is 0 Å². The molecule has 0 saturated carbocycles. The molecule has 0 N–H and O–H groups in total. The fraction of sp³-hybridized carbons (Fsp3) is 0.182. The first-order valence-electron chi connectivity index (χ1n) is 4.68. The fourth-order valence-electron chi connectivity index (χ4n) is 1.26. The Labute approximate surface area is 108 Å². The number of benzene rings is 1. The Morgan fingerprint density at radius 1 is 1.18 bits per heavy atom. The number of carbonyl (C=O) groups excluding carboxylic acids is 1. The molecule has 0 amide bonds. The molecule has 17 heavy (non-hydrogen) atoms. The summed E-state index contributed by atoms with van der Waals surface area (Å²) in [6.45, 7) is 0. The van der Waals surface area contributed by atoms with E-state index < -0.39 is 12.3 Å². The van der Waals surface area contributed by atoms with E-state index in [0.29, 0.717) is 11.5 Å². The third kappa shape index (κ3) is 2.48. The van der Waals surface area contributed by atoms with E-state index in [4.69, 9.17) is 37.4 Å². The highest BCUT2D eigenvalue weighted by Gasteiger charge is 2.33. The van der Waals surface area contributed by atoms with Gasteiger partial charge in [-0.3, -0.25) is 0 Å². The summed E-state index contributed by atoms with van der Waals surface area (Å²) in [5.74, 6) is 0.503. The van der Waals surface area contributed by atoms with E-state index in [1.807, 2.05) is 0 Å². The van der Waals surface area contributed by atoms with Gasteiger partial charge in [-0.25, -0.2) is 4.79 Å². The monoisotopic (exact) mass is 274 g/mol. The second-order valence-electron chi connectivity index (χ2n) is 3.19. The first-order valence-corrected chi connectivity index (χ1v) is 5.44. The number of hydrogen-bond donors (Lipinski definition) is 0. The van der Waals surface area contributed by atoms with Gasteiger partial charge in [-0.2, -0.15) is 0 Å². The van der Waals surface area contributed by atoms with Gasteiger partial charge in [0.25, 0.3) is 6.29 Å². The van der Waals surface area contributed by atoms with Crippen LogP contribution >= 0.6 is 23.2 Å². The minimum absolute atomic E-state index is 0.0486. The van der Waals surface area contributed by atoms with Crippen molar-refractivity contribution in [1.29, 1.82) is 0 Å². The molecule has 1 atom stereocenters. The third-order valence-corrected chi connectivity index (χ3v) is 2.93. The zero-order valence-electron chi connectivity index (χ0n) is 8.78. The van der Waals surface area contributed by atoms with Crippen LogP contribution in [0.2, 0.25) is 0 Å². The maximum absolute atomic E-state index is 11.1. The molecule has 0 fully saturated rings. The second-order valence-corrected chi connectivity index (χ2v) is 3.98. The lowest BCUT2D eigenvalue weighted by atomic mass is 10.3. The predicted octanol–water partition coefficient (Wildman–Crippen LogP) is 2.65. The van der Waals surface area contributed by atoms with Gasteiger partial charge in [0.05, 0.1) is 7.11 Å². The van der Waals surface area contributed by atoms with Crippen molar-refractivity contribution in [2.45, 2.75) is 6.29 Å². The van der Waals surface area contributed by atoms with Crippen molar-refractivity contribution in [3.8, 4) is 11.5 Å². The molecule has 1 aliphatic rings. The predicted molar refractivity (Wildman–Crippen MR) is 62.2 cm³/mol. The SMILES string of the molecule is COc1ccc(OC2OC(=O)C(Cl)=C2Cl)cc1. The Morgan fingerprint density at radius 2 is 1.76 bits per heavy atom. The van der Waals surface area contributed by atoms with Crippen LogP contribution in [-0.4, -0.2) is 19.4 Å². The van der Waals surface area contributed by atoms with Gasteiger partial charge in [-0.05, 0) is 24.3 Å². The smallest absolute Gasteiger partial charge is 0.354 e. The first kappa shape index (κ1) is 12.1. The maximum Gasteiger partial charge on any atom is 0.354 e. The molecule has 1 aromatic rings. The molecule has 0 saturated heterocycles. The van der Waals surface area contributed by atoms with Crippen LogP contribution in [0.25, 0.3) is 0 Å². The zero-order chi connectivity index (χ0) is 12.4. The molecule has 1 aromatic carbocycles. The highest BCUT2D eigenvalue weighted by atomic mass is 35.5. The van der Waals surface area contributed by atoms with Gasteiger partial charge < -0.3 is 14.2 Å². The molecule has 0 aliphatic carbocycles. The van der Waals surface area contributed by atoms with E-state index in [9.17, 15) is 4.79 Å². The van der Waals surface area contributed by atoms with Crippen LogP contribution in [0, 0.1) is 0 Å². The Kier molecular flexibility index (Phi) is 3.45. The number of hydrogen-bond acceptors (Lipinski definition) is 4. The summed E-state index contributed by atoms with van der Waals surface area (Å²) >= 11 is 11.4. The van der Waals surface area contributed by atoms with Crippen molar-refractivity contribution in [2.75, 3.05) is 7.11 Å². The van der Waals surface area contributed by atoms with Gasteiger partial charge >= 0.3 is 5.97 Å². The second kappa shape index (κ2) is 4.85. The molecule has 90 valence electrons. The summed E-state index contributed by atoms with van der Waals surface area (Å²) < 4.78 is 15.2. The molecular formula is C11H8Cl2O4. The highest BCUT2D eigenvalue weighted by molar-refractivity contribution is 6.48. The van der Waals surface area contributed by atoms with Crippen LogP contribution in [0.3, 0.4) is 0 Å². The highest BCUT2D eigenvalue weighted by Crippen LogP contribution is 2.30. The molecule has 0 spiro atoms. The standard InChI is InChI=1S/C11H8Cl2O4/c1-15-6-2-4-7(5-3-6)16-11-9(13)8(12)10(14)17-11/h2-5,11H,1H3. The lowest BCUT2D eigenvalue weighted by Crippen LogP contribution is -2.17. The summed E-state index contributed by atoms with van der Waals surface area (Å²) in [5.41, 5.74) is 0. The molecule has 1 heterocycles. The fourth-order valence-corrected chi connectivity index (χ4v) is 1.56. The first-order chi connectivity index (χ1) is 8.11. The summed E-state index contributed by atoms with van der Waals surface area (Å²) in [6, 6.07) is 6.77. The lowest BCUT2D eigenvalue weighted by Gasteiger charge is -2.13. The van der Waals surface area contributed by atoms with E-state index in [1.165, 1.54) is 0 Å². The molecular weight excluding hydrogens is 267 g/mol. The van der Waals surface area contributed by atoms with Crippen LogP contribution in [0.4, 0.5) is 0 Å². The molecule has 6 heteroatoms. The molecule has 1 aliphatic heterocycles. The maximum atomic E-state index is 11.1. The molecule has 1 unspecified atom stereocenters. The van der Waals surface area contributed by atoms with Crippen LogP contribution in [0.15, 0.2) is 34.3 Å². The van der Waals surface area contributed by atoms with Crippen LogP contribution in [0.5, 0.6) is 11.5 Å². The Hall–Kier alpha value is -1.39. The normalized spacial score (nSPS) is 19.2. The van der Waals surface area contributed by atoms with E-state index in [0.717, 1.165) is 0 Å². The number of cyclic esters (lactones) is 1. The largest absolute Gasteiger partial charge is 0.497 e. The van der Waals surface area contributed by atoms with Gasteiger partial charge in [0.1, 0.15) is 21.6 Å². The quantitative estimate of drug-likeness (QED) is 0.795. The Bertz CT molecular complexity index is 467. The topological polar surface area (TPSA) is 44.8 Å². The van der Waals surface area contributed by atoms with E-state index >= 15 is 0 Å². The van der Waals surface area contributed by atoms with Crippen molar-refractivity contribution in [3.05, 3.63) is 34.3 Å². The minimum Gasteiger partial charge on any atom is -0.497 e. The van der Waals surface area contributed by atoms with Crippen LogP contribution in [0.1, 0.15) is 0 Å². The Balaban J connectivity index is 2.09. The molecule has 2 rings (SSSR count). The minimum atomic E-state index is -0.981. The van der Waals surface area contributed by atoms with Crippen LogP contribution < -0.4 is 9.47 Å². The third-order valence-electron chi connectivity index (χ3n) is 2.11. The average Bonchev–Trinajstić information content (AvgIpc) is 2.58. The lowest BCUT2D eigenvalue weighted by molar-refractivity contribution is -0.148. The molecule has 0 bridgehead atoms. The van der Waals surface area contributed by atoms with E-state index in [-0.39, 0.29) is 10.1 Å². The zero-order valence-corrected chi connectivity index (χ0v) is 10.3. The van der Waals surface area contributed by atoms with Gasteiger partial charge in [-0.15, -0.1) is 0 Å². The van der Waals surface area contributed by atoms with Crippen molar-refractivity contribution >= 4 is 29.2 Å². The number of esters is 1. The number of carbonyl (C=O) groups is 1. The number of methoxy groups -OCH3 is 1. The molecule has 0 aromatic heterocycles. The summed E-state index contributed by atoms with van der Waals surface area (Å²) in [7, 11) is 1.56.